The average Bonchev–Trinajstić information content (AvgIpc) is 2.33. The molecule has 0 spiro atoms. The molecule has 2 aliphatic rings. The Morgan fingerprint density at radius 1 is 1.12 bits per heavy atom. The highest BCUT2D eigenvalue weighted by Gasteiger charge is 2.37. The van der Waals surface area contributed by atoms with Gasteiger partial charge in [0.25, 0.3) is 0 Å². The van der Waals surface area contributed by atoms with Gasteiger partial charge in [-0.25, -0.2) is 0 Å². The van der Waals surface area contributed by atoms with E-state index in [1.165, 1.54) is 64.3 Å². The van der Waals surface area contributed by atoms with Crippen LogP contribution >= 0.6 is 0 Å². The molecule has 0 aromatic heterocycles. The van der Waals surface area contributed by atoms with E-state index in [0.29, 0.717) is 6.61 Å². The lowest BCUT2D eigenvalue weighted by atomic mass is 9.69. The predicted octanol–water partition coefficient (Wildman–Crippen LogP) is 3.05. The maximum absolute atomic E-state index is 9.48. The smallest absolute Gasteiger partial charge is 0.0499 e. The summed E-state index contributed by atoms with van der Waals surface area (Å²) in [5.41, 5.74) is 0.265. The van der Waals surface area contributed by atoms with Gasteiger partial charge in [0.1, 0.15) is 0 Å². The monoisotopic (exact) mass is 239 g/mol. The Kier molecular flexibility index (Phi) is 4.87. The van der Waals surface area contributed by atoms with Crippen LogP contribution in [0, 0.1) is 11.3 Å². The summed E-state index contributed by atoms with van der Waals surface area (Å²) in [6, 6.07) is 0. The first-order valence-electron chi connectivity index (χ1n) is 7.53. The highest BCUT2D eigenvalue weighted by Crippen LogP contribution is 2.40. The lowest BCUT2D eigenvalue weighted by Gasteiger charge is -2.43. The summed E-state index contributed by atoms with van der Waals surface area (Å²) in [6.45, 7) is 2.73. The van der Waals surface area contributed by atoms with Crippen LogP contribution in [0.5, 0.6) is 0 Å². The van der Waals surface area contributed by atoms with Crippen LogP contribution in [0.1, 0.15) is 57.8 Å². The van der Waals surface area contributed by atoms with Crippen LogP contribution in [0.4, 0.5) is 0 Å². The third-order valence-electron chi connectivity index (χ3n) is 5.00. The second kappa shape index (κ2) is 6.19. The first-order chi connectivity index (χ1) is 8.24. The molecule has 0 unspecified atom stereocenters. The van der Waals surface area contributed by atoms with Crippen LogP contribution in [-0.4, -0.2) is 36.8 Å². The molecular weight excluding hydrogens is 210 g/mol. The molecule has 2 nitrogen and oxygen atoms in total. The van der Waals surface area contributed by atoms with Crippen molar-refractivity contribution >= 4 is 0 Å². The quantitative estimate of drug-likeness (QED) is 0.770. The Labute approximate surface area is 106 Å². The van der Waals surface area contributed by atoms with Gasteiger partial charge in [0.2, 0.25) is 0 Å². The minimum atomic E-state index is 0.265. The van der Waals surface area contributed by atoms with Crippen molar-refractivity contribution in [3.63, 3.8) is 0 Å². The van der Waals surface area contributed by atoms with Crippen molar-refractivity contribution in [2.24, 2.45) is 11.3 Å². The minimum Gasteiger partial charge on any atom is -0.396 e. The van der Waals surface area contributed by atoms with E-state index in [1.807, 2.05) is 0 Å². The number of aliphatic hydroxyl groups is 1. The van der Waals surface area contributed by atoms with Crippen molar-refractivity contribution in [1.29, 1.82) is 0 Å². The molecule has 0 aliphatic heterocycles. The molecule has 1 N–H and O–H groups in total. The second-order valence-corrected chi connectivity index (χ2v) is 6.54. The Bertz CT molecular complexity index is 213. The van der Waals surface area contributed by atoms with Gasteiger partial charge < -0.3 is 10.0 Å². The van der Waals surface area contributed by atoms with Crippen molar-refractivity contribution < 1.29 is 5.11 Å². The molecule has 0 amide bonds. The van der Waals surface area contributed by atoms with Crippen molar-refractivity contribution in [1.82, 2.24) is 4.90 Å². The molecule has 0 aromatic carbocycles. The van der Waals surface area contributed by atoms with Crippen molar-refractivity contribution in [2.75, 3.05) is 26.7 Å². The fourth-order valence-electron chi connectivity index (χ4n) is 3.57. The molecule has 0 atom stereocenters. The van der Waals surface area contributed by atoms with Gasteiger partial charge in [0.15, 0.2) is 0 Å². The van der Waals surface area contributed by atoms with Gasteiger partial charge in [-0.1, -0.05) is 38.5 Å². The molecule has 0 radical (unpaired) electrons. The molecule has 2 aliphatic carbocycles. The Balaban J connectivity index is 1.64. The highest BCUT2D eigenvalue weighted by molar-refractivity contribution is 4.89. The Hall–Kier alpha value is -0.0800. The summed E-state index contributed by atoms with van der Waals surface area (Å²) < 4.78 is 0. The summed E-state index contributed by atoms with van der Waals surface area (Å²) in [5.74, 6) is 0.984. The highest BCUT2D eigenvalue weighted by atomic mass is 16.3. The van der Waals surface area contributed by atoms with E-state index in [9.17, 15) is 5.11 Å². The van der Waals surface area contributed by atoms with Gasteiger partial charge in [-0.2, -0.15) is 0 Å². The molecule has 2 rings (SSSR count). The van der Waals surface area contributed by atoms with E-state index >= 15 is 0 Å². The number of rotatable bonds is 6. The van der Waals surface area contributed by atoms with Crippen LogP contribution in [0.15, 0.2) is 0 Å². The van der Waals surface area contributed by atoms with Crippen molar-refractivity contribution in [2.45, 2.75) is 57.8 Å². The number of aliphatic hydroxyl groups excluding tert-OH is 1. The average molecular weight is 239 g/mol. The maximum atomic E-state index is 9.48. The fraction of sp³-hybridized carbons (Fsp3) is 1.00. The molecule has 17 heavy (non-hydrogen) atoms. The SMILES string of the molecule is CN(CCC1CCCCC1)CC1(CO)CCC1. The molecule has 0 aromatic rings. The van der Waals surface area contributed by atoms with E-state index < -0.39 is 0 Å². The second-order valence-electron chi connectivity index (χ2n) is 6.54. The van der Waals surface area contributed by atoms with Crippen molar-refractivity contribution in [3.05, 3.63) is 0 Å². The zero-order chi connectivity index (χ0) is 12.1. The summed E-state index contributed by atoms with van der Waals surface area (Å²) in [4.78, 5) is 2.46. The van der Waals surface area contributed by atoms with Crippen LogP contribution in [-0.2, 0) is 0 Å². The first-order valence-corrected chi connectivity index (χ1v) is 7.53. The third-order valence-corrected chi connectivity index (χ3v) is 5.00. The lowest BCUT2D eigenvalue weighted by molar-refractivity contribution is 0.0132. The summed E-state index contributed by atoms with van der Waals surface area (Å²) >= 11 is 0. The third kappa shape index (κ3) is 3.69. The zero-order valence-electron chi connectivity index (χ0n) is 11.5. The topological polar surface area (TPSA) is 23.5 Å². The zero-order valence-corrected chi connectivity index (χ0v) is 11.5. The Morgan fingerprint density at radius 3 is 2.35 bits per heavy atom. The van der Waals surface area contributed by atoms with Gasteiger partial charge in [-0.3, -0.25) is 0 Å². The van der Waals surface area contributed by atoms with E-state index in [-0.39, 0.29) is 5.41 Å². The molecule has 100 valence electrons. The normalized spacial score (nSPS) is 24.9. The van der Waals surface area contributed by atoms with E-state index in [1.54, 1.807) is 0 Å². The van der Waals surface area contributed by atoms with Gasteiger partial charge in [-0.15, -0.1) is 0 Å². The van der Waals surface area contributed by atoms with E-state index in [4.69, 9.17) is 0 Å². The van der Waals surface area contributed by atoms with Crippen LogP contribution in [0.2, 0.25) is 0 Å². The number of hydrogen-bond donors (Lipinski definition) is 1. The van der Waals surface area contributed by atoms with Gasteiger partial charge >= 0.3 is 0 Å². The first kappa shape index (κ1) is 13.4. The summed E-state index contributed by atoms with van der Waals surface area (Å²) in [5, 5.41) is 9.48. The van der Waals surface area contributed by atoms with Gasteiger partial charge in [0.05, 0.1) is 0 Å². The molecule has 0 bridgehead atoms. The standard InChI is InChI=1S/C15H29NO/c1-16(12-15(13-17)9-5-10-15)11-8-14-6-3-2-4-7-14/h14,17H,2-13H2,1H3. The fourth-order valence-corrected chi connectivity index (χ4v) is 3.57. The van der Waals surface area contributed by atoms with Gasteiger partial charge in [-0.05, 0) is 38.8 Å². The van der Waals surface area contributed by atoms with E-state index in [0.717, 1.165) is 12.5 Å². The summed E-state index contributed by atoms with van der Waals surface area (Å²) in [6.07, 6.45) is 12.4. The van der Waals surface area contributed by atoms with Crippen LogP contribution in [0.25, 0.3) is 0 Å². The molecule has 2 heteroatoms. The van der Waals surface area contributed by atoms with Gasteiger partial charge in [0, 0.05) is 18.6 Å². The Morgan fingerprint density at radius 2 is 1.82 bits per heavy atom. The number of nitrogens with zero attached hydrogens (tertiary/aromatic N) is 1. The van der Waals surface area contributed by atoms with Crippen LogP contribution in [0.3, 0.4) is 0 Å². The number of hydrogen-bond acceptors (Lipinski definition) is 2. The van der Waals surface area contributed by atoms with E-state index in [2.05, 4.69) is 11.9 Å². The molecular formula is C15H29NO. The summed E-state index contributed by atoms with van der Waals surface area (Å²) in [7, 11) is 2.23. The lowest BCUT2D eigenvalue weighted by Crippen LogP contribution is -2.44. The molecule has 2 saturated carbocycles. The van der Waals surface area contributed by atoms with Crippen LogP contribution < -0.4 is 0 Å². The predicted molar refractivity (Wildman–Crippen MR) is 72.1 cm³/mol. The minimum absolute atomic E-state index is 0.265. The molecule has 0 heterocycles. The maximum Gasteiger partial charge on any atom is 0.0499 e. The molecule has 0 saturated heterocycles. The molecule has 2 fully saturated rings. The largest absolute Gasteiger partial charge is 0.396 e. The van der Waals surface area contributed by atoms with Crippen molar-refractivity contribution in [3.8, 4) is 0 Å².